The molecule has 0 aliphatic carbocycles. The van der Waals surface area contributed by atoms with Crippen molar-refractivity contribution in [2.45, 2.75) is 31.7 Å². The fourth-order valence-electron chi connectivity index (χ4n) is 3.51. The van der Waals surface area contributed by atoms with Crippen LogP contribution in [0.4, 0.5) is 0 Å². The van der Waals surface area contributed by atoms with E-state index in [4.69, 9.17) is 0 Å². The minimum atomic E-state index is -0.0198. The van der Waals surface area contributed by atoms with E-state index in [-0.39, 0.29) is 18.4 Å². The first-order valence-electron chi connectivity index (χ1n) is 9.48. The Labute approximate surface area is 158 Å². The Kier molecular flexibility index (Phi) is 5.39. The summed E-state index contributed by atoms with van der Waals surface area (Å²) in [6.45, 7) is 3.12. The van der Waals surface area contributed by atoms with Crippen molar-refractivity contribution in [1.29, 1.82) is 0 Å². The number of carbonyl (C=O) groups excluding carboxylic acids is 1. The predicted molar refractivity (Wildman–Crippen MR) is 102 cm³/mol. The monoisotopic (exact) mass is 364 g/mol. The van der Waals surface area contributed by atoms with E-state index in [1.165, 1.54) is 5.56 Å². The van der Waals surface area contributed by atoms with Crippen molar-refractivity contribution in [2.75, 3.05) is 19.6 Å². The zero-order valence-electron chi connectivity index (χ0n) is 15.3. The maximum absolute atomic E-state index is 12.3. The molecule has 0 spiro atoms. The van der Waals surface area contributed by atoms with Gasteiger partial charge in [0.2, 0.25) is 5.91 Å². The standard InChI is InChI=1S/C20H24N6O/c27-19(15-18-23-20-21-10-4-11-26(20)24-18)22-17-8-13-25(14-9-17)12-7-16-5-2-1-3-6-16/h1-6,10-11,17H,7-9,12-15H2,(H,22,27). The van der Waals surface area contributed by atoms with E-state index in [9.17, 15) is 4.79 Å². The highest BCUT2D eigenvalue weighted by Crippen LogP contribution is 2.12. The lowest BCUT2D eigenvalue weighted by Gasteiger charge is -2.32. The van der Waals surface area contributed by atoms with Gasteiger partial charge in [-0.05, 0) is 30.9 Å². The van der Waals surface area contributed by atoms with Gasteiger partial charge >= 0.3 is 0 Å². The highest BCUT2D eigenvalue weighted by atomic mass is 16.1. The molecular weight excluding hydrogens is 340 g/mol. The summed E-state index contributed by atoms with van der Waals surface area (Å²) in [5.41, 5.74) is 1.38. The molecule has 2 aromatic heterocycles. The lowest BCUT2D eigenvalue weighted by atomic mass is 10.0. The number of benzene rings is 1. The Morgan fingerprint density at radius 1 is 1.15 bits per heavy atom. The Bertz CT molecular complexity index is 853. The number of rotatable bonds is 6. The van der Waals surface area contributed by atoms with Gasteiger partial charge in [0.05, 0.1) is 6.42 Å². The number of nitrogens with zero attached hydrogens (tertiary/aromatic N) is 5. The molecule has 1 fully saturated rings. The van der Waals surface area contributed by atoms with E-state index in [2.05, 4.69) is 55.6 Å². The molecule has 4 rings (SSSR count). The third-order valence-corrected chi connectivity index (χ3v) is 4.99. The molecule has 0 radical (unpaired) electrons. The SMILES string of the molecule is O=C(Cc1nc2ncccn2n1)NC1CCN(CCc2ccccc2)CC1. The normalized spacial score (nSPS) is 15.9. The molecule has 1 amide bonds. The first-order chi connectivity index (χ1) is 13.3. The lowest BCUT2D eigenvalue weighted by Crippen LogP contribution is -2.45. The fraction of sp³-hybridized carbons (Fsp3) is 0.400. The lowest BCUT2D eigenvalue weighted by molar-refractivity contribution is -0.121. The second kappa shape index (κ2) is 8.26. The van der Waals surface area contributed by atoms with Crippen LogP contribution in [0.1, 0.15) is 24.2 Å². The minimum Gasteiger partial charge on any atom is -0.353 e. The number of fused-ring (bicyclic) bond motifs is 1. The molecule has 0 unspecified atom stereocenters. The molecule has 3 aromatic rings. The van der Waals surface area contributed by atoms with Gasteiger partial charge < -0.3 is 10.2 Å². The average Bonchev–Trinajstić information content (AvgIpc) is 3.10. The minimum absolute atomic E-state index is 0.0198. The first kappa shape index (κ1) is 17.6. The second-order valence-corrected chi connectivity index (χ2v) is 6.99. The number of hydrogen-bond acceptors (Lipinski definition) is 5. The molecule has 140 valence electrons. The summed E-state index contributed by atoms with van der Waals surface area (Å²) in [5.74, 6) is 1.01. The van der Waals surface area contributed by atoms with Gasteiger partial charge in [0, 0.05) is 38.1 Å². The highest BCUT2D eigenvalue weighted by molar-refractivity contribution is 5.78. The Morgan fingerprint density at radius 2 is 1.96 bits per heavy atom. The van der Waals surface area contributed by atoms with Crippen molar-refractivity contribution >= 4 is 11.7 Å². The number of likely N-dealkylation sites (tertiary alicyclic amines) is 1. The van der Waals surface area contributed by atoms with Crippen molar-refractivity contribution < 1.29 is 4.79 Å². The zero-order valence-corrected chi connectivity index (χ0v) is 15.3. The van der Waals surface area contributed by atoms with Crippen LogP contribution in [0, 0.1) is 0 Å². The molecule has 1 aromatic carbocycles. The molecule has 0 saturated carbocycles. The molecule has 7 nitrogen and oxygen atoms in total. The summed E-state index contributed by atoms with van der Waals surface area (Å²) in [5, 5.41) is 7.42. The molecule has 3 heterocycles. The Hall–Kier alpha value is -2.80. The molecule has 1 saturated heterocycles. The summed E-state index contributed by atoms with van der Waals surface area (Å²) < 4.78 is 1.59. The van der Waals surface area contributed by atoms with Gasteiger partial charge in [0.15, 0.2) is 5.82 Å². The van der Waals surface area contributed by atoms with E-state index < -0.39 is 0 Å². The number of piperidine rings is 1. The quantitative estimate of drug-likeness (QED) is 0.717. The number of aromatic nitrogens is 4. The first-order valence-corrected chi connectivity index (χ1v) is 9.48. The summed E-state index contributed by atoms with van der Waals surface area (Å²) in [7, 11) is 0. The van der Waals surface area contributed by atoms with Gasteiger partial charge in [0.1, 0.15) is 0 Å². The van der Waals surface area contributed by atoms with Crippen LogP contribution in [0.3, 0.4) is 0 Å². The van der Waals surface area contributed by atoms with Crippen LogP contribution in [0.15, 0.2) is 48.8 Å². The third kappa shape index (κ3) is 4.68. The average molecular weight is 364 g/mol. The van der Waals surface area contributed by atoms with Crippen molar-refractivity contribution in [3.05, 3.63) is 60.2 Å². The smallest absolute Gasteiger partial charge is 0.252 e. The molecule has 1 N–H and O–H groups in total. The van der Waals surface area contributed by atoms with Crippen LogP contribution in [0.2, 0.25) is 0 Å². The van der Waals surface area contributed by atoms with E-state index in [1.807, 2.05) is 0 Å². The van der Waals surface area contributed by atoms with Crippen LogP contribution in [0.25, 0.3) is 5.78 Å². The number of carbonyl (C=O) groups is 1. The van der Waals surface area contributed by atoms with Gasteiger partial charge in [-0.25, -0.2) is 9.50 Å². The van der Waals surface area contributed by atoms with Crippen molar-refractivity contribution in [2.24, 2.45) is 0 Å². The van der Waals surface area contributed by atoms with Crippen molar-refractivity contribution in [3.8, 4) is 0 Å². The van der Waals surface area contributed by atoms with E-state index in [0.29, 0.717) is 11.6 Å². The van der Waals surface area contributed by atoms with Gasteiger partial charge in [-0.2, -0.15) is 4.98 Å². The van der Waals surface area contributed by atoms with Crippen molar-refractivity contribution in [3.63, 3.8) is 0 Å². The maximum Gasteiger partial charge on any atom is 0.252 e. The largest absolute Gasteiger partial charge is 0.353 e. The molecule has 27 heavy (non-hydrogen) atoms. The number of hydrogen-bond donors (Lipinski definition) is 1. The Morgan fingerprint density at radius 3 is 2.74 bits per heavy atom. The molecule has 0 bridgehead atoms. The molecule has 1 aliphatic heterocycles. The summed E-state index contributed by atoms with van der Waals surface area (Å²) in [4.78, 5) is 23.2. The van der Waals surface area contributed by atoms with E-state index in [1.54, 1.807) is 23.0 Å². The summed E-state index contributed by atoms with van der Waals surface area (Å²) >= 11 is 0. The number of nitrogens with one attached hydrogen (secondary N) is 1. The maximum atomic E-state index is 12.3. The molecule has 0 atom stereocenters. The van der Waals surface area contributed by atoms with E-state index in [0.717, 1.165) is 38.9 Å². The topological polar surface area (TPSA) is 75.4 Å². The zero-order chi connectivity index (χ0) is 18.5. The van der Waals surface area contributed by atoms with Crippen LogP contribution >= 0.6 is 0 Å². The third-order valence-electron chi connectivity index (χ3n) is 4.99. The van der Waals surface area contributed by atoms with Gasteiger partial charge in [-0.15, -0.1) is 5.10 Å². The van der Waals surface area contributed by atoms with Gasteiger partial charge in [-0.3, -0.25) is 4.79 Å². The highest BCUT2D eigenvalue weighted by Gasteiger charge is 2.21. The van der Waals surface area contributed by atoms with E-state index >= 15 is 0 Å². The number of amides is 1. The molecule has 7 heteroatoms. The predicted octanol–water partition coefficient (Wildman–Crippen LogP) is 1.49. The molecule has 1 aliphatic rings. The molecular formula is C20H24N6O. The fourth-order valence-corrected chi connectivity index (χ4v) is 3.51. The summed E-state index contributed by atoms with van der Waals surface area (Å²) in [6, 6.07) is 12.6. The van der Waals surface area contributed by atoms with Gasteiger partial charge in [-0.1, -0.05) is 30.3 Å². The van der Waals surface area contributed by atoms with Crippen molar-refractivity contribution in [1.82, 2.24) is 29.8 Å². The van der Waals surface area contributed by atoms with Crippen LogP contribution in [0.5, 0.6) is 0 Å². The van der Waals surface area contributed by atoms with Crippen LogP contribution in [-0.4, -0.2) is 56.1 Å². The Balaban J connectivity index is 1.21. The van der Waals surface area contributed by atoms with Gasteiger partial charge in [0.25, 0.3) is 5.78 Å². The van der Waals surface area contributed by atoms with Crippen LogP contribution in [-0.2, 0) is 17.6 Å². The second-order valence-electron chi connectivity index (χ2n) is 6.99. The summed E-state index contributed by atoms with van der Waals surface area (Å²) in [6.07, 6.45) is 6.69. The van der Waals surface area contributed by atoms with Crippen LogP contribution < -0.4 is 5.32 Å².